The van der Waals surface area contributed by atoms with Gasteiger partial charge in [0.15, 0.2) is 0 Å². The van der Waals surface area contributed by atoms with Crippen molar-refractivity contribution in [2.45, 2.75) is 44.7 Å². The highest BCUT2D eigenvalue weighted by molar-refractivity contribution is 6.18. The van der Waals surface area contributed by atoms with E-state index < -0.39 is 0 Å². The Morgan fingerprint density at radius 1 is 1.16 bits per heavy atom. The van der Waals surface area contributed by atoms with Crippen molar-refractivity contribution in [3.8, 4) is 0 Å². The minimum absolute atomic E-state index is 0.336. The van der Waals surface area contributed by atoms with Crippen molar-refractivity contribution in [3.05, 3.63) is 35.4 Å². The molecule has 0 spiro atoms. The molecular weight excluding hydrogens is 268 g/mol. The van der Waals surface area contributed by atoms with Gasteiger partial charge >= 0.3 is 0 Å². The van der Waals surface area contributed by atoms with E-state index in [4.69, 9.17) is 11.6 Å². The molecule has 0 atom stereocenters. The summed E-state index contributed by atoms with van der Waals surface area (Å²) >= 11 is 5.84. The molecule has 19 heavy (non-hydrogen) atoms. The SMILES string of the molecule is Fc1ccc(F)c(CN(CCCl)C2CCCCC2)c1. The van der Waals surface area contributed by atoms with Gasteiger partial charge in [0.2, 0.25) is 0 Å². The van der Waals surface area contributed by atoms with Crippen LogP contribution in [0.1, 0.15) is 37.7 Å². The largest absolute Gasteiger partial charge is 0.295 e. The van der Waals surface area contributed by atoms with Crippen LogP contribution in [0.3, 0.4) is 0 Å². The van der Waals surface area contributed by atoms with Crippen molar-refractivity contribution in [1.29, 1.82) is 0 Å². The second-order valence-electron chi connectivity index (χ2n) is 5.19. The van der Waals surface area contributed by atoms with Gasteiger partial charge in [-0.1, -0.05) is 19.3 Å². The summed E-state index contributed by atoms with van der Waals surface area (Å²) in [5.41, 5.74) is 0.427. The maximum atomic E-state index is 13.7. The summed E-state index contributed by atoms with van der Waals surface area (Å²) < 4.78 is 26.9. The van der Waals surface area contributed by atoms with Crippen LogP contribution in [0.5, 0.6) is 0 Å². The number of rotatable bonds is 5. The van der Waals surface area contributed by atoms with E-state index >= 15 is 0 Å². The zero-order chi connectivity index (χ0) is 13.7. The maximum absolute atomic E-state index is 13.7. The van der Waals surface area contributed by atoms with Gasteiger partial charge in [0.25, 0.3) is 0 Å². The van der Waals surface area contributed by atoms with Crippen molar-refractivity contribution in [2.24, 2.45) is 0 Å². The highest BCUT2D eigenvalue weighted by Gasteiger charge is 2.21. The zero-order valence-electron chi connectivity index (χ0n) is 11.0. The third-order valence-corrected chi connectivity index (χ3v) is 4.01. The Bertz CT molecular complexity index is 405. The molecule has 1 fully saturated rings. The number of hydrogen-bond donors (Lipinski definition) is 0. The average molecular weight is 288 g/mol. The summed E-state index contributed by atoms with van der Waals surface area (Å²) in [7, 11) is 0. The highest BCUT2D eigenvalue weighted by atomic mass is 35.5. The summed E-state index contributed by atoms with van der Waals surface area (Å²) in [6, 6.07) is 4.10. The fourth-order valence-electron chi connectivity index (χ4n) is 2.83. The van der Waals surface area contributed by atoms with Gasteiger partial charge in [-0.15, -0.1) is 11.6 Å². The third kappa shape index (κ3) is 4.15. The van der Waals surface area contributed by atoms with Crippen LogP contribution in [-0.4, -0.2) is 23.4 Å². The summed E-state index contributed by atoms with van der Waals surface area (Å²) in [4.78, 5) is 2.20. The Balaban J connectivity index is 2.08. The minimum atomic E-state index is -0.383. The van der Waals surface area contributed by atoms with Gasteiger partial charge in [-0.2, -0.15) is 0 Å². The molecule has 4 heteroatoms. The van der Waals surface area contributed by atoms with Crippen molar-refractivity contribution in [3.63, 3.8) is 0 Å². The van der Waals surface area contributed by atoms with Crippen molar-refractivity contribution >= 4 is 11.6 Å². The summed E-state index contributed by atoms with van der Waals surface area (Å²) in [6.07, 6.45) is 5.98. The molecule has 1 aromatic carbocycles. The van der Waals surface area contributed by atoms with Crippen molar-refractivity contribution < 1.29 is 8.78 Å². The third-order valence-electron chi connectivity index (χ3n) is 3.84. The average Bonchev–Trinajstić information content (AvgIpc) is 2.43. The molecule has 0 heterocycles. The first-order valence-electron chi connectivity index (χ1n) is 6.94. The molecule has 1 saturated carbocycles. The Morgan fingerprint density at radius 3 is 2.58 bits per heavy atom. The first kappa shape index (κ1) is 14.7. The molecule has 2 rings (SSSR count). The fraction of sp³-hybridized carbons (Fsp3) is 0.600. The number of hydrogen-bond acceptors (Lipinski definition) is 1. The first-order valence-corrected chi connectivity index (χ1v) is 7.48. The fourth-order valence-corrected chi connectivity index (χ4v) is 3.05. The van der Waals surface area contributed by atoms with Gasteiger partial charge in [0.05, 0.1) is 0 Å². The molecule has 0 bridgehead atoms. The van der Waals surface area contributed by atoms with Crippen LogP contribution in [0.15, 0.2) is 18.2 Å². The standard InChI is InChI=1S/C15H20ClF2N/c16-8-9-19(14-4-2-1-3-5-14)11-12-10-13(17)6-7-15(12)18/h6-7,10,14H,1-5,8-9,11H2. The van der Waals surface area contributed by atoms with Crippen LogP contribution < -0.4 is 0 Å². The molecule has 0 aromatic heterocycles. The molecule has 1 nitrogen and oxygen atoms in total. The van der Waals surface area contributed by atoms with Crippen LogP contribution in [0.2, 0.25) is 0 Å². The monoisotopic (exact) mass is 287 g/mol. The smallest absolute Gasteiger partial charge is 0.127 e. The van der Waals surface area contributed by atoms with Crippen LogP contribution in [0, 0.1) is 11.6 Å². The van der Waals surface area contributed by atoms with E-state index in [-0.39, 0.29) is 11.6 Å². The molecule has 0 saturated heterocycles. The van der Waals surface area contributed by atoms with E-state index in [2.05, 4.69) is 4.90 Å². The predicted octanol–water partition coefficient (Wildman–Crippen LogP) is 4.34. The lowest BCUT2D eigenvalue weighted by Gasteiger charge is -2.34. The quantitative estimate of drug-likeness (QED) is 0.728. The molecule has 0 unspecified atom stereocenters. The lowest BCUT2D eigenvalue weighted by atomic mass is 9.94. The van der Waals surface area contributed by atoms with Crippen molar-refractivity contribution in [2.75, 3.05) is 12.4 Å². The van der Waals surface area contributed by atoms with Gasteiger partial charge in [0.1, 0.15) is 11.6 Å². The van der Waals surface area contributed by atoms with Gasteiger partial charge in [-0.3, -0.25) is 4.90 Å². The van der Waals surface area contributed by atoms with Gasteiger partial charge < -0.3 is 0 Å². The number of benzene rings is 1. The van der Waals surface area contributed by atoms with E-state index in [0.717, 1.165) is 25.5 Å². The van der Waals surface area contributed by atoms with Gasteiger partial charge in [0, 0.05) is 30.6 Å². The zero-order valence-corrected chi connectivity index (χ0v) is 11.8. The Hall–Kier alpha value is -0.670. The van der Waals surface area contributed by atoms with Gasteiger partial charge in [-0.25, -0.2) is 8.78 Å². The lowest BCUT2D eigenvalue weighted by molar-refractivity contribution is 0.155. The molecule has 1 aromatic rings. The van der Waals surface area contributed by atoms with Crippen LogP contribution in [0.4, 0.5) is 8.78 Å². The molecule has 0 radical (unpaired) electrons. The van der Waals surface area contributed by atoms with Crippen molar-refractivity contribution in [1.82, 2.24) is 4.90 Å². The summed E-state index contributed by atoms with van der Waals surface area (Å²) in [5, 5.41) is 0. The van der Waals surface area contributed by atoms with Crippen LogP contribution in [-0.2, 0) is 6.54 Å². The molecule has 0 N–H and O–H groups in total. The number of halogens is 3. The second kappa shape index (κ2) is 7.20. The summed E-state index contributed by atoms with van der Waals surface area (Å²) in [6.45, 7) is 1.17. The van der Waals surface area contributed by atoms with E-state index in [1.54, 1.807) is 0 Å². The molecule has 106 valence electrons. The summed E-state index contributed by atoms with van der Waals surface area (Å²) in [5.74, 6) is -0.199. The van der Waals surface area contributed by atoms with Crippen LogP contribution >= 0.6 is 11.6 Å². The maximum Gasteiger partial charge on any atom is 0.127 e. The normalized spacial score (nSPS) is 17.1. The van der Waals surface area contributed by atoms with E-state index in [1.807, 2.05) is 0 Å². The molecule has 1 aliphatic carbocycles. The van der Waals surface area contributed by atoms with Gasteiger partial charge in [-0.05, 0) is 31.0 Å². The topological polar surface area (TPSA) is 3.24 Å². The molecule has 0 amide bonds. The Kier molecular flexibility index (Phi) is 5.59. The lowest BCUT2D eigenvalue weighted by Crippen LogP contribution is -2.37. The Morgan fingerprint density at radius 2 is 1.89 bits per heavy atom. The molecule has 0 aliphatic heterocycles. The Labute approximate surface area is 118 Å². The minimum Gasteiger partial charge on any atom is -0.295 e. The number of alkyl halides is 1. The predicted molar refractivity (Wildman–Crippen MR) is 74.4 cm³/mol. The molecule has 1 aliphatic rings. The highest BCUT2D eigenvalue weighted by Crippen LogP contribution is 2.24. The number of nitrogens with zero attached hydrogens (tertiary/aromatic N) is 1. The van der Waals surface area contributed by atoms with E-state index in [9.17, 15) is 8.78 Å². The van der Waals surface area contributed by atoms with Crippen LogP contribution in [0.25, 0.3) is 0 Å². The molecular formula is C15H20ClF2N. The van der Waals surface area contributed by atoms with E-state index in [1.165, 1.54) is 31.4 Å². The second-order valence-corrected chi connectivity index (χ2v) is 5.56. The first-order chi connectivity index (χ1) is 9.20. The van der Waals surface area contributed by atoms with E-state index in [0.29, 0.717) is 24.0 Å².